The molecule has 1 aliphatic carbocycles. The zero-order valence-electron chi connectivity index (χ0n) is 17.8. The number of halogens is 4. The molecule has 1 spiro atoms. The van der Waals surface area contributed by atoms with Gasteiger partial charge in [-0.3, -0.25) is 4.79 Å². The van der Waals surface area contributed by atoms with E-state index in [1.807, 2.05) is 12.1 Å². The quantitative estimate of drug-likeness (QED) is 0.507. The Balaban J connectivity index is 1.48. The number of ether oxygens (including phenoxy) is 1. The fourth-order valence-electron chi connectivity index (χ4n) is 4.09. The van der Waals surface area contributed by atoms with Crippen molar-refractivity contribution in [2.45, 2.75) is 45.2 Å². The van der Waals surface area contributed by atoms with Crippen LogP contribution in [0.4, 0.5) is 24.7 Å². The van der Waals surface area contributed by atoms with Gasteiger partial charge in [0.2, 0.25) is 5.88 Å². The standard InChI is InChI=1S/C23H25BrF3N3O2/c1-15-12-19(28-20(13-15)32-11-8-23(25,26)27)29-21(31)17-3-2-16(24)14-18(17)30-9-6-22(4-5-22)7-10-30/h2-3,12-14H,4-11H2,1H3,(H,28,29,31). The van der Waals surface area contributed by atoms with E-state index in [4.69, 9.17) is 4.74 Å². The van der Waals surface area contributed by atoms with Crippen molar-refractivity contribution in [2.24, 2.45) is 5.41 Å². The molecule has 2 aliphatic rings. The van der Waals surface area contributed by atoms with Crippen molar-refractivity contribution >= 4 is 33.3 Å². The third-order valence-corrected chi connectivity index (χ3v) is 6.64. The van der Waals surface area contributed by atoms with Gasteiger partial charge in [0, 0.05) is 23.6 Å². The van der Waals surface area contributed by atoms with E-state index in [0.29, 0.717) is 11.0 Å². The number of carbonyl (C=O) groups excluding carboxylic acids is 1. The first kappa shape index (κ1) is 22.9. The van der Waals surface area contributed by atoms with Gasteiger partial charge in [-0.2, -0.15) is 18.2 Å². The summed E-state index contributed by atoms with van der Waals surface area (Å²) in [6.45, 7) is 3.06. The molecule has 2 heterocycles. The lowest BCUT2D eigenvalue weighted by atomic mass is 9.93. The topological polar surface area (TPSA) is 54.5 Å². The van der Waals surface area contributed by atoms with Crippen molar-refractivity contribution in [1.29, 1.82) is 0 Å². The average Bonchev–Trinajstić information content (AvgIpc) is 3.46. The van der Waals surface area contributed by atoms with Gasteiger partial charge in [0.25, 0.3) is 5.91 Å². The van der Waals surface area contributed by atoms with Crippen molar-refractivity contribution in [1.82, 2.24) is 4.98 Å². The lowest BCUT2D eigenvalue weighted by molar-refractivity contribution is -0.139. The number of piperidine rings is 1. The molecular weight excluding hydrogens is 487 g/mol. The summed E-state index contributed by atoms with van der Waals surface area (Å²) in [5, 5.41) is 2.78. The van der Waals surface area contributed by atoms with E-state index in [1.165, 1.54) is 12.8 Å². The molecule has 1 saturated heterocycles. The van der Waals surface area contributed by atoms with E-state index in [0.717, 1.165) is 41.7 Å². The Morgan fingerprint density at radius 2 is 1.91 bits per heavy atom. The highest BCUT2D eigenvalue weighted by atomic mass is 79.9. The molecular formula is C23H25BrF3N3O2. The summed E-state index contributed by atoms with van der Waals surface area (Å²) in [4.78, 5) is 19.5. The number of nitrogens with one attached hydrogen (secondary N) is 1. The Kier molecular flexibility index (Phi) is 6.38. The van der Waals surface area contributed by atoms with E-state index < -0.39 is 19.2 Å². The molecule has 2 aromatic rings. The lowest BCUT2D eigenvalue weighted by Crippen LogP contribution is -2.35. The predicted molar refractivity (Wildman–Crippen MR) is 120 cm³/mol. The predicted octanol–water partition coefficient (Wildman–Crippen LogP) is 6.12. The van der Waals surface area contributed by atoms with Crippen LogP contribution in [-0.2, 0) is 0 Å². The highest BCUT2D eigenvalue weighted by Crippen LogP contribution is 2.54. The van der Waals surface area contributed by atoms with Gasteiger partial charge in [-0.05, 0) is 67.9 Å². The number of rotatable bonds is 6. The van der Waals surface area contributed by atoms with Crippen molar-refractivity contribution in [3.63, 3.8) is 0 Å². The number of hydrogen-bond acceptors (Lipinski definition) is 4. The number of benzene rings is 1. The number of anilines is 2. The molecule has 0 radical (unpaired) electrons. The first-order valence-corrected chi connectivity index (χ1v) is 11.5. The van der Waals surface area contributed by atoms with Gasteiger partial charge >= 0.3 is 6.18 Å². The third-order valence-electron chi connectivity index (χ3n) is 6.15. The molecule has 1 amide bonds. The van der Waals surface area contributed by atoms with E-state index in [9.17, 15) is 18.0 Å². The molecule has 1 aliphatic heterocycles. The van der Waals surface area contributed by atoms with Crippen molar-refractivity contribution in [2.75, 3.05) is 29.9 Å². The summed E-state index contributed by atoms with van der Waals surface area (Å²) in [5.74, 6) is -0.0358. The van der Waals surface area contributed by atoms with E-state index in [-0.39, 0.29) is 17.6 Å². The molecule has 32 heavy (non-hydrogen) atoms. The maximum atomic E-state index is 13.1. The first-order chi connectivity index (χ1) is 15.1. The Morgan fingerprint density at radius 3 is 2.56 bits per heavy atom. The summed E-state index contributed by atoms with van der Waals surface area (Å²) in [5.41, 5.74) is 2.64. The van der Waals surface area contributed by atoms with Crippen LogP contribution < -0.4 is 15.0 Å². The monoisotopic (exact) mass is 511 g/mol. The van der Waals surface area contributed by atoms with Gasteiger partial charge in [0.15, 0.2) is 0 Å². The van der Waals surface area contributed by atoms with Crippen LogP contribution in [0.15, 0.2) is 34.8 Å². The van der Waals surface area contributed by atoms with Crippen LogP contribution in [0, 0.1) is 12.3 Å². The van der Waals surface area contributed by atoms with Crippen LogP contribution >= 0.6 is 15.9 Å². The molecule has 2 fully saturated rings. The van der Waals surface area contributed by atoms with Crippen molar-refractivity contribution < 1.29 is 22.7 Å². The summed E-state index contributed by atoms with van der Waals surface area (Å²) in [7, 11) is 0. The number of aromatic nitrogens is 1. The van der Waals surface area contributed by atoms with Crippen molar-refractivity contribution in [3.8, 4) is 5.88 Å². The van der Waals surface area contributed by atoms with E-state index in [2.05, 4.69) is 31.1 Å². The lowest BCUT2D eigenvalue weighted by Gasteiger charge is -2.35. The summed E-state index contributed by atoms with van der Waals surface area (Å²) in [6.07, 6.45) is -0.481. The largest absolute Gasteiger partial charge is 0.477 e. The second-order valence-corrected chi connectivity index (χ2v) is 9.60. The fourth-order valence-corrected chi connectivity index (χ4v) is 4.43. The molecule has 1 saturated carbocycles. The number of aryl methyl sites for hydroxylation is 1. The minimum absolute atomic E-state index is 0.0475. The number of amides is 1. The summed E-state index contributed by atoms with van der Waals surface area (Å²) in [6, 6.07) is 8.74. The molecule has 5 nitrogen and oxygen atoms in total. The Bertz CT molecular complexity index is 998. The smallest absolute Gasteiger partial charge is 0.392 e. The van der Waals surface area contributed by atoms with Gasteiger partial charge in [0.1, 0.15) is 5.82 Å². The fraction of sp³-hybridized carbons (Fsp3) is 0.478. The van der Waals surface area contributed by atoms with Gasteiger partial charge in [-0.1, -0.05) is 15.9 Å². The van der Waals surface area contributed by atoms with Crippen LogP contribution in [0.25, 0.3) is 0 Å². The first-order valence-electron chi connectivity index (χ1n) is 10.7. The number of carbonyl (C=O) groups is 1. The normalized spacial score (nSPS) is 17.3. The second kappa shape index (κ2) is 8.92. The highest BCUT2D eigenvalue weighted by molar-refractivity contribution is 9.10. The molecule has 1 aromatic carbocycles. The number of alkyl halides is 3. The van der Waals surface area contributed by atoms with Gasteiger partial charge in [-0.25, -0.2) is 0 Å². The maximum absolute atomic E-state index is 13.1. The van der Waals surface area contributed by atoms with E-state index >= 15 is 0 Å². The minimum atomic E-state index is -4.30. The number of hydrogen-bond donors (Lipinski definition) is 1. The zero-order chi connectivity index (χ0) is 22.9. The Labute approximate surface area is 193 Å². The number of pyridine rings is 1. The molecule has 4 rings (SSSR count). The Morgan fingerprint density at radius 1 is 1.19 bits per heavy atom. The number of nitrogens with zero attached hydrogens (tertiary/aromatic N) is 2. The minimum Gasteiger partial charge on any atom is -0.477 e. The van der Waals surface area contributed by atoms with E-state index in [1.54, 1.807) is 25.1 Å². The third kappa shape index (κ3) is 5.74. The molecule has 1 N–H and O–H groups in total. The maximum Gasteiger partial charge on any atom is 0.392 e. The van der Waals surface area contributed by atoms with Crippen molar-refractivity contribution in [3.05, 3.63) is 45.9 Å². The second-order valence-electron chi connectivity index (χ2n) is 8.68. The van der Waals surface area contributed by atoms with Crippen LogP contribution in [0.3, 0.4) is 0 Å². The summed E-state index contributed by atoms with van der Waals surface area (Å²) >= 11 is 3.50. The molecule has 1 aromatic heterocycles. The average molecular weight is 512 g/mol. The molecule has 0 atom stereocenters. The summed E-state index contributed by atoms with van der Waals surface area (Å²) < 4.78 is 43.2. The molecule has 0 bridgehead atoms. The van der Waals surface area contributed by atoms with Gasteiger partial charge < -0.3 is 15.0 Å². The van der Waals surface area contributed by atoms with Crippen LogP contribution in [0.5, 0.6) is 5.88 Å². The van der Waals surface area contributed by atoms with Crippen LogP contribution in [0.1, 0.15) is 48.0 Å². The van der Waals surface area contributed by atoms with Gasteiger partial charge in [0.05, 0.1) is 24.3 Å². The molecule has 9 heteroatoms. The molecule has 172 valence electrons. The van der Waals surface area contributed by atoms with Gasteiger partial charge in [-0.15, -0.1) is 0 Å². The van der Waals surface area contributed by atoms with Crippen LogP contribution in [-0.4, -0.2) is 36.8 Å². The zero-order valence-corrected chi connectivity index (χ0v) is 19.4. The van der Waals surface area contributed by atoms with Crippen LogP contribution in [0.2, 0.25) is 0 Å². The Hall–Kier alpha value is -2.29. The SMILES string of the molecule is Cc1cc(NC(=O)c2ccc(Br)cc2N2CCC3(CC2)CC3)nc(OCCC(F)(F)F)c1. The molecule has 0 unspecified atom stereocenters. The highest BCUT2D eigenvalue weighted by Gasteiger charge is 2.44.